The van der Waals surface area contributed by atoms with Crippen molar-refractivity contribution in [3.05, 3.63) is 0 Å². The highest BCUT2D eigenvalue weighted by atomic mass is 16.6. The van der Waals surface area contributed by atoms with Crippen LogP contribution < -0.4 is 5.32 Å². The van der Waals surface area contributed by atoms with E-state index in [9.17, 15) is 9.59 Å². The van der Waals surface area contributed by atoms with E-state index >= 15 is 0 Å². The van der Waals surface area contributed by atoms with Gasteiger partial charge in [-0.3, -0.25) is 4.79 Å². The van der Waals surface area contributed by atoms with Gasteiger partial charge in [-0.2, -0.15) is 0 Å². The van der Waals surface area contributed by atoms with Crippen molar-refractivity contribution in [2.45, 2.75) is 27.2 Å². The summed E-state index contributed by atoms with van der Waals surface area (Å²) in [6.45, 7) is 7.78. The molecule has 2 amide bonds. The lowest BCUT2D eigenvalue weighted by Crippen LogP contribution is -2.44. The van der Waals surface area contributed by atoms with Crippen molar-refractivity contribution < 1.29 is 14.3 Å². The molecule has 0 saturated carbocycles. The van der Waals surface area contributed by atoms with Crippen molar-refractivity contribution in [2.75, 3.05) is 26.2 Å². The zero-order valence-electron chi connectivity index (χ0n) is 10.2. The molecule has 1 heterocycles. The normalized spacial score (nSPS) is 16.9. The molecular weight excluding hydrogens is 208 g/mol. The number of hydrogen-bond acceptors (Lipinski definition) is 3. The molecule has 0 aromatic rings. The van der Waals surface area contributed by atoms with Gasteiger partial charge in [-0.15, -0.1) is 0 Å². The maximum Gasteiger partial charge on any atom is 0.409 e. The minimum atomic E-state index is -0.387. The summed E-state index contributed by atoms with van der Waals surface area (Å²) in [7, 11) is 0. The third-order valence-corrected chi connectivity index (χ3v) is 2.40. The van der Waals surface area contributed by atoms with Crippen LogP contribution in [-0.4, -0.2) is 43.1 Å². The molecule has 0 aromatic carbocycles. The fraction of sp³-hybridized carbons (Fsp3) is 0.818. The summed E-state index contributed by atoms with van der Waals surface area (Å²) in [5.74, 6) is -0.00197. The largest absolute Gasteiger partial charge is 0.449 e. The Bertz CT molecular complexity index is 271. The predicted molar refractivity (Wildman–Crippen MR) is 60.0 cm³/mol. The molecule has 0 bridgehead atoms. The van der Waals surface area contributed by atoms with Gasteiger partial charge >= 0.3 is 6.09 Å². The molecule has 1 fully saturated rings. The number of amides is 2. The Balaban J connectivity index is 2.25. The monoisotopic (exact) mass is 228 g/mol. The molecule has 0 aromatic heterocycles. The molecule has 0 radical (unpaired) electrons. The first-order chi connectivity index (χ1) is 7.41. The summed E-state index contributed by atoms with van der Waals surface area (Å²) < 4.78 is 4.89. The Labute approximate surface area is 96.1 Å². The Hall–Kier alpha value is -1.26. The van der Waals surface area contributed by atoms with Crippen LogP contribution in [0.15, 0.2) is 0 Å². The molecule has 5 heteroatoms. The standard InChI is InChI=1S/C11H20N2O3/c1-11(2,3)9(14)12-5-7-13-6-4-8-16-10(13)15/h4-8H2,1-3H3,(H,12,14). The quantitative estimate of drug-likeness (QED) is 0.783. The van der Waals surface area contributed by atoms with Crippen molar-refractivity contribution in [3.8, 4) is 0 Å². The van der Waals surface area contributed by atoms with Crippen LogP contribution in [0, 0.1) is 5.41 Å². The molecule has 5 nitrogen and oxygen atoms in total. The van der Waals surface area contributed by atoms with Crippen molar-refractivity contribution in [1.29, 1.82) is 0 Å². The van der Waals surface area contributed by atoms with Crippen LogP contribution in [0.4, 0.5) is 4.79 Å². The third-order valence-electron chi connectivity index (χ3n) is 2.40. The number of cyclic esters (lactones) is 1. The van der Waals surface area contributed by atoms with Gasteiger partial charge < -0.3 is 15.0 Å². The van der Waals surface area contributed by atoms with Crippen LogP contribution in [0.5, 0.6) is 0 Å². The van der Waals surface area contributed by atoms with Crippen molar-refractivity contribution >= 4 is 12.0 Å². The molecule has 16 heavy (non-hydrogen) atoms. The number of carbonyl (C=O) groups is 2. The van der Waals surface area contributed by atoms with Crippen LogP contribution in [0.1, 0.15) is 27.2 Å². The van der Waals surface area contributed by atoms with E-state index in [-0.39, 0.29) is 17.4 Å². The molecule has 92 valence electrons. The van der Waals surface area contributed by atoms with E-state index in [0.29, 0.717) is 26.2 Å². The second-order valence-corrected chi connectivity index (χ2v) is 4.96. The molecule has 0 unspecified atom stereocenters. The lowest BCUT2D eigenvalue weighted by molar-refractivity contribution is -0.128. The second-order valence-electron chi connectivity index (χ2n) is 4.96. The second kappa shape index (κ2) is 5.18. The fourth-order valence-electron chi connectivity index (χ4n) is 1.37. The van der Waals surface area contributed by atoms with Gasteiger partial charge in [0.1, 0.15) is 0 Å². The maximum atomic E-state index is 11.5. The molecule has 1 N–H and O–H groups in total. The number of nitrogens with one attached hydrogen (secondary N) is 1. The molecule has 0 aliphatic carbocycles. The van der Waals surface area contributed by atoms with E-state index in [1.54, 1.807) is 4.90 Å². The molecular formula is C11H20N2O3. The summed E-state index contributed by atoms with van der Waals surface area (Å²) in [5, 5.41) is 2.80. The molecule has 0 spiro atoms. The van der Waals surface area contributed by atoms with Crippen LogP contribution in [-0.2, 0) is 9.53 Å². The van der Waals surface area contributed by atoms with E-state index in [1.807, 2.05) is 20.8 Å². The summed E-state index contributed by atoms with van der Waals surface area (Å²) >= 11 is 0. The molecule has 1 saturated heterocycles. The van der Waals surface area contributed by atoms with Crippen molar-refractivity contribution in [2.24, 2.45) is 5.41 Å². The Morgan fingerprint density at radius 1 is 1.50 bits per heavy atom. The lowest BCUT2D eigenvalue weighted by atomic mass is 9.96. The Kier molecular flexibility index (Phi) is 4.15. The van der Waals surface area contributed by atoms with Gasteiger partial charge in [0, 0.05) is 25.0 Å². The van der Waals surface area contributed by atoms with Gasteiger partial charge in [0.25, 0.3) is 0 Å². The smallest absolute Gasteiger partial charge is 0.409 e. The number of nitrogens with zero attached hydrogens (tertiary/aromatic N) is 1. The number of carbonyl (C=O) groups excluding carboxylic acids is 2. The van der Waals surface area contributed by atoms with Gasteiger partial charge in [0.2, 0.25) is 5.91 Å². The Morgan fingerprint density at radius 3 is 2.75 bits per heavy atom. The highest BCUT2D eigenvalue weighted by Crippen LogP contribution is 2.12. The van der Waals surface area contributed by atoms with Gasteiger partial charge in [0.15, 0.2) is 0 Å². The van der Waals surface area contributed by atoms with Crippen LogP contribution in [0.25, 0.3) is 0 Å². The first-order valence-corrected chi connectivity index (χ1v) is 5.61. The topological polar surface area (TPSA) is 58.6 Å². The zero-order chi connectivity index (χ0) is 12.2. The van der Waals surface area contributed by atoms with Gasteiger partial charge in [-0.05, 0) is 6.42 Å². The summed E-state index contributed by atoms with van der Waals surface area (Å²) in [6.07, 6.45) is 0.579. The lowest BCUT2D eigenvalue weighted by Gasteiger charge is -2.27. The number of hydrogen-bond donors (Lipinski definition) is 1. The van der Waals surface area contributed by atoms with Crippen molar-refractivity contribution in [3.63, 3.8) is 0 Å². The molecule has 1 aliphatic heterocycles. The highest BCUT2D eigenvalue weighted by molar-refractivity contribution is 5.81. The highest BCUT2D eigenvalue weighted by Gasteiger charge is 2.22. The SMILES string of the molecule is CC(C)(C)C(=O)NCCN1CCCOC1=O. The third kappa shape index (κ3) is 3.72. The zero-order valence-corrected chi connectivity index (χ0v) is 10.2. The summed E-state index contributed by atoms with van der Waals surface area (Å²) in [5.41, 5.74) is -0.387. The average Bonchev–Trinajstić information content (AvgIpc) is 2.19. The molecule has 0 atom stereocenters. The van der Waals surface area contributed by atoms with Crippen LogP contribution in [0.3, 0.4) is 0 Å². The van der Waals surface area contributed by atoms with Gasteiger partial charge in [-0.25, -0.2) is 4.79 Å². The van der Waals surface area contributed by atoms with E-state index in [1.165, 1.54) is 0 Å². The van der Waals surface area contributed by atoms with E-state index < -0.39 is 0 Å². The first kappa shape index (κ1) is 12.8. The number of ether oxygens (including phenoxy) is 1. The van der Waals surface area contributed by atoms with Gasteiger partial charge in [-0.1, -0.05) is 20.8 Å². The predicted octanol–water partition coefficient (Wildman–Crippen LogP) is 0.991. The number of rotatable bonds is 3. The maximum absolute atomic E-state index is 11.5. The van der Waals surface area contributed by atoms with E-state index in [2.05, 4.69) is 5.32 Å². The Morgan fingerprint density at radius 2 is 2.19 bits per heavy atom. The summed E-state index contributed by atoms with van der Waals surface area (Å²) in [4.78, 5) is 24.4. The minimum Gasteiger partial charge on any atom is -0.449 e. The van der Waals surface area contributed by atoms with Gasteiger partial charge in [0.05, 0.1) is 6.61 Å². The minimum absolute atomic E-state index is 0.00197. The van der Waals surface area contributed by atoms with E-state index in [0.717, 1.165) is 6.42 Å². The van der Waals surface area contributed by atoms with Crippen LogP contribution in [0.2, 0.25) is 0 Å². The fourth-order valence-corrected chi connectivity index (χ4v) is 1.37. The molecule has 1 rings (SSSR count). The average molecular weight is 228 g/mol. The van der Waals surface area contributed by atoms with Crippen LogP contribution >= 0.6 is 0 Å². The molecule has 1 aliphatic rings. The first-order valence-electron chi connectivity index (χ1n) is 5.61. The van der Waals surface area contributed by atoms with Crippen molar-refractivity contribution in [1.82, 2.24) is 10.2 Å². The summed E-state index contributed by atoms with van der Waals surface area (Å²) in [6, 6.07) is 0. The van der Waals surface area contributed by atoms with E-state index in [4.69, 9.17) is 4.74 Å².